The number of hydrogen-bond acceptors (Lipinski definition) is 4. The first-order valence-corrected chi connectivity index (χ1v) is 6.55. The minimum absolute atomic E-state index is 0.0372. The van der Waals surface area contributed by atoms with Gasteiger partial charge in [0.15, 0.2) is 0 Å². The Balaban J connectivity index is 2.43. The number of carbonyl (C=O) groups excluding carboxylic acids is 3. The summed E-state index contributed by atoms with van der Waals surface area (Å²) in [6.45, 7) is 1.57. The van der Waals surface area contributed by atoms with Gasteiger partial charge in [-0.2, -0.15) is 13.2 Å². The van der Waals surface area contributed by atoms with E-state index in [0.29, 0.717) is 0 Å². The minimum Gasteiger partial charge on any atom is -0.460 e. The predicted molar refractivity (Wildman–Crippen MR) is 62.8 cm³/mol. The lowest BCUT2D eigenvalue weighted by Crippen LogP contribution is -2.31. The molecule has 20 heavy (non-hydrogen) atoms. The maximum Gasteiger partial charge on any atom is 0.391 e. The molecule has 1 fully saturated rings. The van der Waals surface area contributed by atoms with Crippen LogP contribution in [0.1, 0.15) is 39.0 Å². The number of esters is 1. The Morgan fingerprint density at radius 1 is 1.10 bits per heavy atom. The molecular formula is C13H17F3O4. The Kier molecular flexibility index (Phi) is 5.71. The van der Waals surface area contributed by atoms with E-state index in [1.165, 1.54) is 6.92 Å². The van der Waals surface area contributed by atoms with Crippen molar-refractivity contribution in [3.63, 3.8) is 0 Å². The summed E-state index contributed by atoms with van der Waals surface area (Å²) >= 11 is 0. The van der Waals surface area contributed by atoms with Gasteiger partial charge >= 0.3 is 12.1 Å². The summed E-state index contributed by atoms with van der Waals surface area (Å²) in [6.07, 6.45) is -4.80. The van der Waals surface area contributed by atoms with Gasteiger partial charge in [0, 0.05) is 5.92 Å². The van der Waals surface area contributed by atoms with E-state index in [4.69, 9.17) is 0 Å². The van der Waals surface area contributed by atoms with Gasteiger partial charge in [-0.3, -0.25) is 9.59 Å². The highest BCUT2D eigenvalue weighted by Crippen LogP contribution is 2.39. The summed E-state index contributed by atoms with van der Waals surface area (Å²) < 4.78 is 41.9. The topological polar surface area (TPSA) is 60.4 Å². The molecule has 0 saturated heterocycles. The molecule has 0 atom stereocenters. The van der Waals surface area contributed by atoms with Crippen LogP contribution in [0.25, 0.3) is 0 Å². The van der Waals surface area contributed by atoms with Crippen LogP contribution in [0, 0.1) is 11.8 Å². The van der Waals surface area contributed by atoms with Gasteiger partial charge in [0.25, 0.3) is 0 Å². The van der Waals surface area contributed by atoms with Gasteiger partial charge in [-0.05, 0) is 32.6 Å². The Morgan fingerprint density at radius 3 is 2.10 bits per heavy atom. The standard InChI is InChI=1S/C13H17F3O4/c1-2-20-12(19)11(18)7-10(17)8-3-5-9(6-4-8)13(14,15)16/h8-9H,2-7H2,1H3. The zero-order valence-electron chi connectivity index (χ0n) is 11.2. The third-order valence-corrected chi connectivity index (χ3v) is 3.48. The lowest BCUT2D eigenvalue weighted by Gasteiger charge is -2.28. The van der Waals surface area contributed by atoms with Crippen LogP contribution in [0.15, 0.2) is 0 Å². The van der Waals surface area contributed by atoms with Crippen LogP contribution in [0.3, 0.4) is 0 Å². The normalized spacial score (nSPS) is 23.2. The molecule has 0 radical (unpaired) electrons. The number of carbonyl (C=O) groups is 3. The second-order valence-corrected chi connectivity index (χ2v) is 4.88. The van der Waals surface area contributed by atoms with Crippen molar-refractivity contribution in [3.8, 4) is 0 Å². The smallest absolute Gasteiger partial charge is 0.391 e. The average Bonchev–Trinajstić information content (AvgIpc) is 2.38. The van der Waals surface area contributed by atoms with Gasteiger partial charge in [-0.1, -0.05) is 0 Å². The van der Waals surface area contributed by atoms with Crippen LogP contribution >= 0.6 is 0 Å². The van der Waals surface area contributed by atoms with E-state index in [0.717, 1.165) is 0 Å². The SMILES string of the molecule is CCOC(=O)C(=O)CC(=O)C1CCC(C(F)(F)F)CC1. The first-order chi connectivity index (χ1) is 9.25. The van der Waals surface area contributed by atoms with E-state index in [1.54, 1.807) is 0 Å². The molecular weight excluding hydrogens is 277 g/mol. The zero-order valence-corrected chi connectivity index (χ0v) is 11.2. The monoisotopic (exact) mass is 294 g/mol. The maximum absolute atomic E-state index is 12.5. The molecule has 114 valence electrons. The van der Waals surface area contributed by atoms with E-state index in [9.17, 15) is 27.6 Å². The van der Waals surface area contributed by atoms with Crippen molar-refractivity contribution in [3.05, 3.63) is 0 Å². The molecule has 0 unspecified atom stereocenters. The fourth-order valence-electron chi connectivity index (χ4n) is 2.33. The molecule has 0 aliphatic heterocycles. The molecule has 0 spiro atoms. The van der Waals surface area contributed by atoms with Gasteiger partial charge in [-0.25, -0.2) is 4.79 Å². The summed E-state index contributed by atoms with van der Waals surface area (Å²) in [5.74, 6) is -4.40. The third kappa shape index (κ3) is 4.61. The van der Waals surface area contributed by atoms with Crippen molar-refractivity contribution in [1.82, 2.24) is 0 Å². The summed E-state index contributed by atoms with van der Waals surface area (Å²) in [4.78, 5) is 34.2. The van der Waals surface area contributed by atoms with Gasteiger partial charge in [-0.15, -0.1) is 0 Å². The Bertz CT molecular complexity index is 382. The molecule has 0 aromatic heterocycles. The van der Waals surface area contributed by atoms with Crippen LogP contribution < -0.4 is 0 Å². The number of Topliss-reactive ketones (excluding diaryl/α,β-unsaturated/α-hetero) is 2. The first-order valence-electron chi connectivity index (χ1n) is 6.55. The van der Waals surface area contributed by atoms with Crippen molar-refractivity contribution < 1.29 is 32.3 Å². The van der Waals surface area contributed by atoms with Gasteiger partial charge in [0.05, 0.1) is 18.9 Å². The average molecular weight is 294 g/mol. The van der Waals surface area contributed by atoms with Gasteiger partial charge < -0.3 is 4.74 Å². The molecule has 4 nitrogen and oxygen atoms in total. The number of alkyl halides is 3. The number of halogens is 3. The summed E-state index contributed by atoms with van der Waals surface area (Å²) in [6, 6.07) is 0. The third-order valence-electron chi connectivity index (χ3n) is 3.48. The molecule has 0 amide bonds. The molecule has 0 aromatic rings. The van der Waals surface area contributed by atoms with Crippen molar-refractivity contribution in [2.75, 3.05) is 6.61 Å². The zero-order chi connectivity index (χ0) is 15.3. The highest BCUT2D eigenvalue weighted by Gasteiger charge is 2.42. The largest absolute Gasteiger partial charge is 0.460 e. The number of rotatable bonds is 5. The first kappa shape index (κ1) is 16.7. The lowest BCUT2D eigenvalue weighted by atomic mass is 9.79. The quantitative estimate of drug-likeness (QED) is 0.444. The van der Waals surface area contributed by atoms with Gasteiger partial charge in [0.1, 0.15) is 5.78 Å². The van der Waals surface area contributed by atoms with Crippen LogP contribution in [-0.4, -0.2) is 30.3 Å². The molecule has 1 aliphatic rings. The highest BCUT2D eigenvalue weighted by atomic mass is 19.4. The van der Waals surface area contributed by atoms with E-state index >= 15 is 0 Å². The van der Waals surface area contributed by atoms with Crippen LogP contribution in [-0.2, 0) is 19.1 Å². The van der Waals surface area contributed by atoms with Crippen molar-refractivity contribution in [2.45, 2.75) is 45.2 Å². The van der Waals surface area contributed by atoms with Gasteiger partial charge in [0.2, 0.25) is 5.78 Å². The van der Waals surface area contributed by atoms with E-state index in [-0.39, 0.29) is 32.3 Å². The molecule has 1 saturated carbocycles. The van der Waals surface area contributed by atoms with Crippen molar-refractivity contribution in [2.24, 2.45) is 11.8 Å². The van der Waals surface area contributed by atoms with Crippen LogP contribution in [0.5, 0.6) is 0 Å². The second-order valence-electron chi connectivity index (χ2n) is 4.88. The molecule has 0 N–H and O–H groups in total. The number of ether oxygens (including phenoxy) is 1. The summed E-state index contributed by atoms with van der Waals surface area (Å²) in [5.41, 5.74) is 0. The van der Waals surface area contributed by atoms with E-state index < -0.39 is 42.0 Å². The Hall–Kier alpha value is -1.40. The highest BCUT2D eigenvalue weighted by molar-refractivity contribution is 6.37. The predicted octanol–water partition coefficient (Wildman–Crippen LogP) is 2.45. The molecule has 0 heterocycles. The fourth-order valence-corrected chi connectivity index (χ4v) is 2.33. The molecule has 0 aromatic carbocycles. The molecule has 1 rings (SSSR count). The lowest BCUT2D eigenvalue weighted by molar-refractivity contribution is -0.184. The maximum atomic E-state index is 12.5. The van der Waals surface area contributed by atoms with Crippen LogP contribution in [0.4, 0.5) is 13.2 Å². The number of hydrogen-bond donors (Lipinski definition) is 0. The molecule has 0 bridgehead atoms. The van der Waals surface area contributed by atoms with E-state index in [1.807, 2.05) is 0 Å². The fraction of sp³-hybridized carbons (Fsp3) is 0.769. The van der Waals surface area contributed by atoms with E-state index in [2.05, 4.69) is 4.74 Å². The van der Waals surface area contributed by atoms with Crippen molar-refractivity contribution in [1.29, 1.82) is 0 Å². The molecule has 1 aliphatic carbocycles. The Labute approximate surface area is 114 Å². The number of ketones is 2. The molecule has 7 heteroatoms. The summed E-state index contributed by atoms with van der Waals surface area (Å²) in [5, 5.41) is 0. The minimum atomic E-state index is -4.23. The second kappa shape index (κ2) is 6.85. The van der Waals surface area contributed by atoms with Crippen molar-refractivity contribution >= 4 is 17.5 Å². The summed E-state index contributed by atoms with van der Waals surface area (Å²) in [7, 11) is 0. The van der Waals surface area contributed by atoms with Crippen LogP contribution in [0.2, 0.25) is 0 Å². The Morgan fingerprint density at radius 2 is 1.65 bits per heavy atom.